The number of rotatable bonds is 3. The number of nitrogen functional groups attached to an aromatic ring is 1. The van der Waals surface area contributed by atoms with E-state index < -0.39 is 0 Å². The summed E-state index contributed by atoms with van der Waals surface area (Å²) in [5.74, 6) is 0.906. The van der Waals surface area contributed by atoms with Crippen LogP contribution in [-0.2, 0) is 6.42 Å². The predicted octanol–water partition coefficient (Wildman–Crippen LogP) is 3.18. The summed E-state index contributed by atoms with van der Waals surface area (Å²) in [4.78, 5) is 0. The second-order valence-corrected chi connectivity index (χ2v) is 4.21. The molecular weight excluding hydrogens is 210 g/mol. The van der Waals surface area contributed by atoms with Gasteiger partial charge in [0, 0.05) is 5.69 Å². The van der Waals surface area contributed by atoms with Crippen molar-refractivity contribution in [2.45, 2.75) is 13.3 Å². The fourth-order valence-corrected chi connectivity index (χ4v) is 1.85. The molecule has 2 aromatic carbocycles. The maximum Gasteiger partial charge on any atom is 0.119 e. The minimum absolute atomic E-state index is 0.806. The van der Waals surface area contributed by atoms with Crippen LogP contribution in [0.25, 0.3) is 0 Å². The number of methoxy groups -OCH3 is 1. The van der Waals surface area contributed by atoms with Gasteiger partial charge < -0.3 is 10.5 Å². The van der Waals surface area contributed by atoms with E-state index in [1.807, 2.05) is 18.2 Å². The van der Waals surface area contributed by atoms with Gasteiger partial charge in [-0.3, -0.25) is 0 Å². The normalized spacial score (nSPS) is 10.2. The highest BCUT2D eigenvalue weighted by Crippen LogP contribution is 2.20. The Hall–Kier alpha value is -1.96. The maximum atomic E-state index is 5.67. The second kappa shape index (κ2) is 4.91. The SMILES string of the molecule is COc1ccc(Cc2ccc(N)cc2)c(C)c1. The van der Waals surface area contributed by atoms with Crippen LogP contribution in [0.3, 0.4) is 0 Å². The van der Waals surface area contributed by atoms with E-state index in [4.69, 9.17) is 10.5 Å². The third kappa shape index (κ3) is 2.78. The van der Waals surface area contributed by atoms with Gasteiger partial charge in [0.25, 0.3) is 0 Å². The fourth-order valence-electron chi connectivity index (χ4n) is 1.85. The molecule has 2 nitrogen and oxygen atoms in total. The van der Waals surface area contributed by atoms with Gasteiger partial charge in [-0.15, -0.1) is 0 Å². The van der Waals surface area contributed by atoms with Crippen LogP contribution in [0.1, 0.15) is 16.7 Å². The van der Waals surface area contributed by atoms with Crippen molar-refractivity contribution in [3.05, 3.63) is 59.2 Å². The molecule has 0 aromatic heterocycles. The lowest BCUT2D eigenvalue weighted by Crippen LogP contribution is -1.94. The molecule has 0 heterocycles. The summed E-state index contributed by atoms with van der Waals surface area (Å²) in [6.07, 6.45) is 0.927. The fraction of sp³-hybridized carbons (Fsp3) is 0.200. The molecule has 0 spiro atoms. The van der Waals surface area contributed by atoms with Gasteiger partial charge in [0.15, 0.2) is 0 Å². The van der Waals surface area contributed by atoms with Crippen LogP contribution in [0.4, 0.5) is 5.69 Å². The molecule has 88 valence electrons. The predicted molar refractivity (Wildman–Crippen MR) is 71.4 cm³/mol. The Morgan fingerprint density at radius 2 is 1.76 bits per heavy atom. The van der Waals surface area contributed by atoms with Crippen molar-refractivity contribution in [1.29, 1.82) is 0 Å². The first-order valence-corrected chi connectivity index (χ1v) is 5.67. The molecule has 0 amide bonds. The highest BCUT2D eigenvalue weighted by Gasteiger charge is 2.02. The zero-order chi connectivity index (χ0) is 12.3. The van der Waals surface area contributed by atoms with Gasteiger partial charge in [-0.2, -0.15) is 0 Å². The molecule has 2 aromatic rings. The molecular formula is C15H17NO. The Morgan fingerprint density at radius 3 is 2.35 bits per heavy atom. The number of benzene rings is 2. The van der Waals surface area contributed by atoms with Gasteiger partial charge in [-0.25, -0.2) is 0 Å². The van der Waals surface area contributed by atoms with Crippen molar-refractivity contribution < 1.29 is 4.74 Å². The summed E-state index contributed by atoms with van der Waals surface area (Å²) in [6.45, 7) is 2.11. The Balaban J connectivity index is 2.21. The van der Waals surface area contributed by atoms with Crippen LogP contribution in [0.5, 0.6) is 5.75 Å². The van der Waals surface area contributed by atoms with E-state index >= 15 is 0 Å². The first kappa shape index (κ1) is 11.5. The number of hydrogen-bond donors (Lipinski definition) is 1. The summed E-state index contributed by atoms with van der Waals surface area (Å²) >= 11 is 0. The monoisotopic (exact) mass is 227 g/mol. The Kier molecular flexibility index (Phi) is 3.33. The van der Waals surface area contributed by atoms with Gasteiger partial charge >= 0.3 is 0 Å². The van der Waals surface area contributed by atoms with Crippen LogP contribution in [0, 0.1) is 6.92 Å². The zero-order valence-corrected chi connectivity index (χ0v) is 10.2. The maximum absolute atomic E-state index is 5.67. The van der Waals surface area contributed by atoms with Gasteiger partial charge in [0.05, 0.1) is 7.11 Å². The van der Waals surface area contributed by atoms with Crippen molar-refractivity contribution in [3.63, 3.8) is 0 Å². The lowest BCUT2D eigenvalue weighted by atomic mass is 10.0. The third-order valence-corrected chi connectivity index (χ3v) is 2.92. The van der Waals surface area contributed by atoms with E-state index in [1.165, 1.54) is 16.7 Å². The van der Waals surface area contributed by atoms with Gasteiger partial charge in [-0.1, -0.05) is 18.2 Å². The Bertz CT molecular complexity index is 503. The molecule has 0 saturated carbocycles. The summed E-state index contributed by atoms with van der Waals surface area (Å²) in [7, 11) is 1.69. The molecule has 0 aliphatic heterocycles. The largest absolute Gasteiger partial charge is 0.497 e. The number of aryl methyl sites for hydroxylation is 1. The van der Waals surface area contributed by atoms with Crippen molar-refractivity contribution >= 4 is 5.69 Å². The molecule has 0 fully saturated rings. The van der Waals surface area contributed by atoms with Crippen LogP contribution in [0.2, 0.25) is 0 Å². The second-order valence-electron chi connectivity index (χ2n) is 4.21. The van der Waals surface area contributed by atoms with E-state index in [0.717, 1.165) is 17.9 Å². The topological polar surface area (TPSA) is 35.2 Å². The first-order chi connectivity index (χ1) is 8.19. The average molecular weight is 227 g/mol. The van der Waals surface area contributed by atoms with E-state index in [1.54, 1.807) is 7.11 Å². The summed E-state index contributed by atoms with van der Waals surface area (Å²) < 4.78 is 5.20. The van der Waals surface area contributed by atoms with E-state index in [-0.39, 0.29) is 0 Å². The Labute approximate surface area is 102 Å². The van der Waals surface area contributed by atoms with Crippen molar-refractivity contribution in [1.82, 2.24) is 0 Å². The molecule has 0 unspecified atom stereocenters. The first-order valence-electron chi connectivity index (χ1n) is 5.67. The molecule has 2 rings (SSSR count). The highest BCUT2D eigenvalue weighted by atomic mass is 16.5. The summed E-state index contributed by atoms with van der Waals surface area (Å²) in [6, 6.07) is 14.2. The number of hydrogen-bond acceptors (Lipinski definition) is 2. The van der Waals surface area contributed by atoms with Crippen LogP contribution in [0.15, 0.2) is 42.5 Å². The molecule has 0 aliphatic rings. The lowest BCUT2D eigenvalue weighted by molar-refractivity contribution is 0.414. The van der Waals surface area contributed by atoms with Crippen LogP contribution in [-0.4, -0.2) is 7.11 Å². The number of ether oxygens (including phenoxy) is 1. The molecule has 2 N–H and O–H groups in total. The van der Waals surface area contributed by atoms with Gasteiger partial charge in [-0.05, 0) is 54.3 Å². The smallest absolute Gasteiger partial charge is 0.119 e. The van der Waals surface area contributed by atoms with Crippen molar-refractivity contribution in [2.75, 3.05) is 12.8 Å². The lowest BCUT2D eigenvalue weighted by Gasteiger charge is -2.08. The molecule has 0 atom stereocenters. The van der Waals surface area contributed by atoms with Crippen LogP contribution < -0.4 is 10.5 Å². The standard InChI is InChI=1S/C15H17NO/c1-11-9-15(17-2)8-5-13(11)10-12-3-6-14(16)7-4-12/h3-9H,10,16H2,1-2H3. The summed E-state index contributed by atoms with van der Waals surface area (Å²) in [5, 5.41) is 0. The van der Waals surface area contributed by atoms with Crippen molar-refractivity contribution in [2.24, 2.45) is 0 Å². The molecule has 0 radical (unpaired) electrons. The van der Waals surface area contributed by atoms with Crippen molar-refractivity contribution in [3.8, 4) is 5.75 Å². The molecule has 17 heavy (non-hydrogen) atoms. The molecule has 2 heteroatoms. The van der Waals surface area contributed by atoms with E-state index in [0.29, 0.717) is 0 Å². The van der Waals surface area contributed by atoms with Gasteiger partial charge in [0.2, 0.25) is 0 Å². The van der Waals surface area contributed by atoms with Crippen LogP contribution >= 0.6 is 0 Å². The quantitative estimate of drug-likeness (QED) is 0.817. The molecule has 0 bridgehead atoms. The minimum atomic E-state index is 0.806. The highest BCUT2D eigenvalue weighted by molar-refractivity contribution is 5.42. The number of anilines is 1. The van der Waals surface area contributed by atoms with E-state index in [9.17, 15) is 0 Å². The minimum Gasteiger partial charge on any atom is -0.497 e. The zero-order valence-electron chi connectivity index (χ0n) is 10.2. The van der Waals surface area contributed by atoms with E-state index in [2.05, 4.69) is 31.2 Å². The Morgan fingerprint density at radius 1 is 1.06 bits per heavy atom. The summed E-state index contributed by atoms with van der Waals surface area (Å²) in [5.41, 5.74) is 10.3. The molecule has 0 saturated heterocycles. The third-order valence-electron chi connectivity index (χ3n) is 2.92. The van der Waals surface area contributed by atoms with Gasteiger partial charge in [0.1, 0.15) is 5.75 Å². The number of nitrogens with two attached hydrogens (primary N) is 1. The average Bonchev–Trinajstić information content (AvgIpc) is 2.34. The molecule has 0 aliphatic carbocycles.